The average molecular weight is 300 g/mol. The lowest BCUT2D eigenvalue weighted by molar-refractivity contribution is 0.378. The van der Waals surface area contributed by atoms with Crippen molar-refractivity contribution in [3.05, 3.63) is 36.7 Å². The molecule has 1 fully saturated rings. The molecule has 1 aliphatic heterocycles. The van der Waals surface area contributed by atoms with Crippen LogP contribution in [0.3, 0.4) is 0 Å². The van der Waals surface area contributed by atoms with E-state index in [4.69, 9.17) is 15.2 Å². The Hall–Kier alpha value is -2.34. The highest BCUT2D eigenvalue weighted by Crippen LogP contribution is 2.30. The van der Waals surface area contributed by atoms with Gasteiger partial charge in [-0.1, -0.05) is 12.1 Å². The van der Waals surface area contributed by atoms with Gasteiger partial charge < -0.3 is 20.1 Å². The lowest BCUT2D eigenvalue weighted by Crippen LogP contribution is -2.40. The Labute approximate surface area is 129 Å². The van der Waals surface area contributed by atoms with Crippen LogP contribution in [-0.2, 0) is 0 Å². The van der Waals surface area contributed by atoms with Crippen LogP contribution in [0.25, 0.3) is 0 Å². The van der Waals surface area contributed by atoms with Gasteiger partial charge in [0.15, 0.2) is 17.2 Å². The molecule has 2 N–H and O–H groups in total. The quantitative estimate of drug-likeness (QED) is 0.933. The van der Waals surface area contributed by atoms with Crippen LogP contribution in [-0.4, -0.2) is 36.2 Å². The zero-order chi connectivity index (χ0) is 15.4. The third kappa shape index (κ3) is 3.28. The van der Waals surface area contributed by atoms with Crippen molar-refractivity contribution < 1.29 is 9.47 Å². The highest BCUT2D eigenvalue weighted by atomic mass is 16.5. The lowest BCUT2D eigenvalue weighted by atomic mass is 10.1. The van der Waals surface area contributed by atoms with Crippen molar-refractivity contribution >= 4 is 5.95 Å². The fraction of sp³-hybridized carbons (Fsp3) is 0.375. The third-order valence-electron chi connectivity index (χ3n) is 3.73. The Morgan fingerprint density at radius 1 is 1.09 bits per heavy atom. The van der Waals surface area contributed by atoms with E-state index in [1.807, 2.05) is 24.3 Å². The van der Waals surface area contributed by atoms with Crippen LogP contribution in [0.4, 0.5) is 5.95 Å². The molecule has 0 spiro atoms. The molecule has 2 aromatic rings. The second-order valence-corrected chi connectivity index (χ2v) is 5.30. The fourth-order valence-corrected chi connectivity index (χ4v) is 2.45. The van der Waals surface area contributed by atoms with E-state index in [0.717, 1.165) is 31.9 Å². The number of anilines is 1. The first-order valence-corrected chi connectivity index (χ1v) is 7.39. The number of piperidine rings is 1. The molecule has 0 unspecified atom stereocenters. The van der Waals surface area contributed by atoms with Crippen molar-refractivity contribution in [1.29, 1.82) is 0 Å². The van der Waals surface area contributed by atoms with E-state index in [1.165, 1.54) is 0 Å². The predicted octanol–water partition coefficient (Wildman–Crippen LogP) is 2.21. The molecule has 0 radical (unpaired) electrons. The number of hydrogen-bond acceptors (Lipinski definition) is 6. The molecule has 6 heteroatoms. The molecular formula is C16H20N4O2. The van der Waals surface area contributed by atoms with Crippen LogP contribution in [0.5, 0.6) is 17.2 Å². The molecule has 6 nitrogen and oxygen atoms in total. The van der Waals surface area contributed by atoms with E-state index in [-0.39, 0.29) is 0 Å². The Balaban J connectivity index is 1.69. The minimum absolute atomic E-state index is 0.296. The van der Waals surface area contributed by atoms with Crippen LogP contribution < -0.4 is 20.1 Å². The van der Waals surface area contributed by atoms with Gasteiger partial charge in [0.1, 0.15) is 0 Å². The van der Waals surface area contributed by atoms with Crippen molar-refractivity contribution in [3.8, 4) is 17.2 Å². The SMILES string of the molecule is COc1ccccc1Oc1cnc(N2CCC(N)CC2)nc1. The van der Waals surface area contributed by atoms with Gasteiger partial charge in [0.2, 0.25) is 5.95 Å². The minimum atomic E-state index is 0.296. The van der Waals surface area contributed by atoms with Gasteiger partial charge >= 0.3 is 0 Å². The van der Waals surface area contributed by atoms with Gasteiger partial charge in [0.05, 0.1) is 19.5 Å². The second kappa shape index (κ2) is 6.62. The molecular weight excluding hydrogens is 280 g/mol. The number of hydrogen-bond donors (Lipinski definition) is 1. The summed E-state index contributed by atoms with van der Waals surface area (Å²) in [4.78, 5) is 10.9. The normalized spacial score (nSPS) is 15.6. The minimum Gasteiger partial charge on any atom is -0.493 e. The number of ether oxygens (including phenoxy) is 2. The molecule has 0 aliphatic carbocycles. The molecule has 0 atom stereocenters. The first kappa shape index (κ1) is 14.6. The van der Waals surface area contributed by atoms with Gasteiger partial charge in [-0.05, 0) is 25.0 Å². The number of rotatable bonds is 4. The number of benzene rings is 1. The van der Waals surface area contributed by atoms with E-state index in [0.29, 0.717) is 23.3 Å². The van der Waals surface area contributed by atoms with Gasteiger partial charge in [-0.3, -0.25) is 0 Å². The highest BCUT2D eigenvalue weighted by molar-refractivity contribution is 5.42. The fourth-order valence-electron chi connectivity index (χ4n) is 2.45. The predicted molar refractivity (Wildman–Crippen MR) is 84.5 cm³/mol. The molecule has 1 aliphatic rings. The monoisotopic (exact) mass is 300 g/mol. The van der Waals surface area contributed by atoms with Crippen molar-refractivity contribution in [2.45, 2.75) is 18.9 Å². The zero-order valence-corrected chi connectivity index (χ0v) is 12.6. The van der Waals surface area contributed by atoms with E-state index < -0.39 is 0 Å². The number of aromatic nitrogens is 2. The van der Waals surface area contributed by atoms with E-state index in [2.05, 4.69) is 14.9 Å². The highest BCUT2D eigenvalue weighted by Gasteiger charge is 2.18. The van der Waals surface area contributed by atoms with Crippen LogP contribution in [0.2, 0.25) is 0 Å². The molecule has 0 bridgehead atoms. The molecule has 1 aromatic carbocycles. The lowest BCUT2D eigenvalue weighted by Gasteiger charge is -2.29. The summed E-state index contributed by atoms with van der Waals surface area (Å²) in [6, 6.07) is 7.78. The standard InChI is InChI=1S/C16H20N4O2/c1-21-14-4-2-3-5-15(14)22-13-10-18-16(19-11-13)20-8-6-12(17)7-9-20/h2-5,10-12H,6-9,17H2,1H3. The molecule has 1 saturated heterocycles. The van der Waals surface area contributed by atoms with Crippen molar-refractivity contribution in [2.24, 2.45) is 5.73 Å². The Kier molecular flexibility index (Phi) is 4.39. The van der Waals surface area contributed by atoms with Gasteiger partial charge in [-0.25, -0.2) is 9.97 Å². The van der Waals surface area contributed by atoms with Gasteiger partial charge in [0.25, 0.3) is 0 Å². The molecule has 0 saturated carbocycles. The van der Waals surface area contributed by atoms with Crippen LogP contribution >= 0.6 is 0 Å². The van der Waals surface area contributed by atoms with Crippen LogP contribution in [0.15, 0.2) is 36.7 Å². The number of methoxy groups -OCH3 is 1. The van der Waals surface area contributed by atoms with E-state index >= 15 is 0 Å². The van der Waals surface area contributed by atoms with Gasteiger partial charge in [-0.2, -0.15) is 0 Å². The first-order valence-electron chi connectivity index (χ1n) is 7.39. The van der Waals surface area contributed by atoms with Crippen LogP contribution in [0.1, 0.15) is 12.8 Å². The molecule has 3 rings (SSSR count). The smallest absolute Gasteiger partial charge is 0.225 e. The Morgan fingerprint density at radius 3 is 2.36 bits per heavy atom. The first-order chi connectivity index (χ1) is 10.8. The number of nitrogens with two attached hydrogens (primary N) is 1. The summed E-state index contributed by atoms with van der Waals surface area (Å²) in [7, 11) is 1.61. The molecule has 22 heavy (non-hydrogen) atoms. The van der Waals surface area contributed by atoms with Crippen molar-refractivity contribution in [1.82, 2.24) is 9.97 Å². The van der Waals surface area contributed by atoms with Crippen molar-refractivity contribution in [2.75, 3.05) is 25.1 Å². The Bertz CT molecular complexity index is 610. The second-order valence-electron chi connectivity index (χ2n) is 5.30. The maximum Gasteiger partial charge on any atom is 0.225 e. The number of nitrogens with zero attached hydrogens (tertiary/aromatic N) is 3. The maximum atomic E-state index is 5.91. The van der Waals surface area contributed by atoms with E-state index in [1.54, 1.807) is 19.5 Å². The average Bonchev–Trinajstić information content (AvgIpc) is 2.57. The van der Waals surface area contributed by atoms with Gasteiger partial charge in [-0.15, -0.1) is 0 Å². The summed E-state index contributed by atoms with van der Waals surface area (Å²) in [6.07, 6.45) is 5.32. The summed E-state index contributed by atoms with van der Waals surface area (Å²) in [5.74, 6) is 2.63. The summed E-state index contributed by atoms with van der Waals surface area (Å²) in [5, 5.41) is 0. The topological polar surface area (TPSA) is 73.5 Å². The van der Waals surface area contributed by atoms with Crippen molar-refractivity contribution in [3.63, 3.8) is 0 Å². The summed E-state index contributed by atoms with van der Waals surface area (Å²) >= 11 is 0. The van der Waals surface area contributed by atoms with E-state index in [9.17, 15) is 0 Å². The summed E-state index contributed by atoms with van der Waals surface area (Å²) < 4.78 is 11.0. The largest absolute Gasteiger partial charge is 0.493 e. The molecule has 2 heterocycles. The molecule has 0 amide bonds. The number of para-hydroxylation sites is 2. The Morgan fingerprint density at radius 2 is 1.73 bits per heavy atom. The molecule has 116 valence electrons. The zero-order valence-electron chi connectivity index (χ0n) is 12.6. The third-order valence-corrected chi connectivity index (χ3v) is 3.73. The summed E-state index contributed by atoms with van der Waals surface area (Å²) in [6.45, 7) is 1.79. The van der Waals surface area contributed by atoms with Gasteiger partial charge in [0, 0.05) is 19.1 Å². The van der Waals surface area contributed by atoms with Crippen LogP contribution in [0, 0.1) is 0 Å². The summed E-state index contributed by atoms with van der Waals surface area (Å²) in [5.41, 5.74) is 5.91. The maximum absolute atomic E-state index is 5.91. The molecule has 1 aromatic heterocycles.